The Morgan fingerprint density at radius 2 is 1.79 bits per heavy atom. The number of benzene rings is 1. The maximum absolute atomic E-state index is 13.6. The number of Topliss-reactive ketones (excluding diaryl/α,β-unsaturated/α-hetero) is 1. The van der Waals surface area contributed by atoms with Gasteiger partial charge in [-0.2, -0.15) is 0 Å². The molecule has 19 heavy (non-hydrogen) atoms. The molecule has 0 amide bonds. The van der Waals surface area contributed by atoms with Gasteiger partial charge in [0, 0.05) is 6.42 Å². The molecule has 0 fully saturated rings. The monoisotopic (exact) mass is 265 g/mol. The third-order valence-corrected chi connectivity index (χ3v) is 4.06. The van der Waals surface area contributed by atoms with Gasteiger partial charge in [-0.15, -0.1) is 0 Å². The number of hydrogen-bond acceptors (Lipinski definition) is 2. The van der Waals surface area contributed by atoms with Crippen LogP contribution in [0.4, 0.5) is 4.39 Å². The third-order valence-electron chi connectivity index (χ3n) is 4.06. The number of halogens is 1. The van der Waals surface area contributed by atoms with E-state index < -0.39 is 5.54 Å². The van der Waals surface area contributed by atoms with E-state index in [2.05, 4.69) is 4.90 Å². The number of hydrogen-bond donors (Lipinski definition) is 0. The zero-order valence-electron chi connectivity index (χ0n) is 12.4. The highest BCUT2D eigenvalue weighted by Gasteiger charge is 2.35. The van der Waals surface area contributed by atoms with Gasteiger partial charge in [-0.05, 0) is 38.1 Å². The van der Waals surface area contributed by atoms with Crippen LogP contribution in [0.1, 0.15) is 39.7 Å². The SMILES string of the molecule is CCN(CC)C(C)(CC)C(=O)Cc1ccccc1F. The van der Waals surface area contributed by atoms with Crippen LogP contribution in [-0.4, -0.2) is 29.3 Å². The zero-order chi connectivity index (χ0) is 14.5. The molecule has 0 saturated heterocycles. The van der Waals surface area contributed by atoms with Crippen molar-refractivity contribution in [2.75, 3.05) is 13.1 Å². The summed E-state index contributed by atoms with van der Waals surface area (Å²) in [5, 5.41) is 0. The zero-order valence-corrected chi connectivity index (χ0v) is 12.4. The van der Waals surface area contributed by atoms with Crippen LogP contribution >= 0.6 is 0 Å². The molecule has 0 aliphatic rings. The van der Waals surface area contributed by atoms with Crippen molar-refractivity contribution in [1.82, 2.24) is 4.90 Å². The summed E-state index contributed by atoms with van der Waals surface area (Å²) in [5.41, 5.74) is -0.0227. The summed E-state index contributed by atoms with van der Waals surface area (Å²) in [6, 6.07) is 6.51. The lowest BCUT2D eigenvalue weighted by molar-refractivity contribution is -0.129. The van der Waals surface area contributed by atoms with Crippen molar-refractivity contribution in [1.29, 1.82) is 0 Å². The minimum Gasteiger partial charge on any atom is -0.297 e. The van der Waals surface area contributed by atoms with Crippen LogP contribution in [0.5, 0.6) is 0 Å². The normalized spacial score (nSPS) is 14.4. The van der Waals surface area contributed by atoms with E-state index in [1.54, 1.807) is 18.2 Å². The summed E-state index contributed by atoms with van der Waals surface area (Å²) in [5.74, 6) is -0.211. The molecule has 0 N–H and O–H groups in total. The first-order valence-corrected chi connectivity index (χ1v) is 7.01. The van der Waals surface area contributed by atoms with E-state index in [0.29, 0.717) is 5.56 Å². The molecule has 106 valence electrons. The van der Waals surface area contributed by atoms with E-state index in [1.807, 2.05) is 27.7 Å². The topological polar surface area (TPSA) is 20.3 Å². The number of rotatable bonds is 7. The molecule has 0 aliphatic heterocycles. The molecule has 2 nitrogen and oxygen atoms in total. The fraction of sp³-hybridized carbons (Fsp3) is 0.562. The second kappa shape index (κ2) is 6.80. The minimum atomic E-state index is -0.508. The number of carbonyl (C=O) groups excluding carboxylic acids is 1. The van der Waals surface area contributed by atoms with E-state index >= 15 is 0 Å². The molecule has 0 bridgehead atoms. The van der Waals surface area contributed by atoms with Gasteiger partial charge in [0.1, 0.15) is 5.82 Å². The summed E-state index contributed by atoms with van der Waals surface area (Å²) in [6.45, 7) is 9.72. The van der Waals surface area contributed by atoms with Crippen LogP contribution in [0, 0.1) is 5.82 Å². The highest BCUT2D eigenvalue weighted by molar-refractivity contribution is 5.89. The quantitative estimate of drug-likeness (QED) is 0.752. The molecule has 0 aromatic heterocycles. The van der Waals surface area contributed by atoms with Gasteiger partial charge in [-0.3, -0.25) is 9.69 Å². The molecule has 0 radical (unpaired) electrons. The Hall–Kier alpha value is -1.22. The summed E-state index contributed by atoms with van der Waals surface area (Å²) >= 11 is 0. The predicted octanol–water partition coefficient (Wildman–Crippen LogP) is 3.45. The molecule has 0 heterocycles. The summed E-state index contributed by atoms with van der Waals surface area (Å²) in [7, 11) is 0. The largest absolute Gasteiger partial charge is 0.297 e. The Labute approximate surface area is 115 Å². The molecular weight excluding hydrogens is 241 g/mol. The van der Waals surface area contributed by atoms with Crippen LogP contribution in [0.3, 0.4) is 0 Å². The van der Waals surface area contributed by atoms with Gasteiger partial charge in [-0.1, -0.05) is 39.0 Å². The number of ketones is 1. The van der Waals surface area contributed by atoms with Gasteiger partial charge in [0.25, 0.3) is 0 Å². The fourth-order valence-electron chi connectivity index (χ4n) is 2.52. The van der Waals surface area contributed by atoms with Crippen molar-refractivity contribution in [3.63, 3.8) is 0 Å². The molecule has 0 saturated carbocycles. The molecule has 0 aliphatic carbocycles. The van der Waals surface area contributed by atoms with E-state index in [4.69, 9.17) is 0 Å². The molecule has 1 unspecified atom stereocenters. The lowest BCUT2D eigenvalue weighted by Crippen LogP contribution is -2.52. The van der Waals surface area contributed by atoms with Crippen molar-refractivity contribution < 1.29 is 9.18 Å². The number of likely N-dealkylation sites (N-methyl/N-ethyl adjacent to an activating group) is 1. The molecule has 1 aromatic carbocycles. The Bertz CT molecular complexity index is 429. The lowest BCUT2D eigenvalue weighted by atomic mass is 9.87. The Balaban J connectivity index is 2.94. The summed E-state index contributed by atoms with van der Waals surface area (Å²) in [4.78, 5) is 14.7. The maximum atomic E-state index is 13.6. The van der Waals surface area contributed by atoms with Gasteiger partial charge < -0.3 is 0 Å². The smallest absolute Gasteiger partial charge is 0.157 e. The summed E-state index contributed by atoms with van der Waals surface area (Å²) in [6.07, 6.45) is 0.898. The van der Waals surface area contributed by atoms with Crippen LogP contribution in [-0.2, 0) is 11.2 Å². The number of carbonyl (C=O) groups is 1. The van der Waals surface area contributed by atoms with Crippen LogP contribution in [0.25, 0.3) is 0 Å². The highest BCUT2D eigenvalue weighted by Crippen LogP contribution is 2.23. The molecular formula is C16H24FNO. The first kappa shape index (κ1) is 15.8. The standard InChI is InChI=1S/C16H24FNO/c1-5-16(4,18(6-2)7-3)15(19)12-13-10-8-9-11-14(13)17/h8-11H,5-7,12H2,1-4H3. The average Bonchev–Trinajstić information content (AvgIpc) is 2.42. The van der Waals surface area contributed by atoms with Crippen molar-refractivity contribution >= 4 is 5.78 Å². The van der Waals surface area contributed by atoms with Crippen LogP contribution in [0.2, 0.25) is 0 Å². The van der Waals surface area contributed by atoms with Gasteiger partial charge >= 0.3 is 0 Å². The van der Waals surface area contributed by atoms with E-state index in [-0.39, 0.29) is 18.0 Å². The Morgan fingerprint density at radius 1 is 1.21 bits per heavy atom. The van der Waals surface area contributed by atoms with Crippen LogP contribution in [0.15, 0.2) is 24.3 Å². The molecule has 1 rings (SSSR count). The minimum absolute atomic E-state index is 0.0869. The molecule has 1 aromatic rings. The van der Waals surface area contributed by atoms with E-state index in [1.165, 1.54) is 6.07 Å². The van der Waals surface area contributed by atoms with Gasteiger partial charge in [0.05, 0.1) is 5.54 Å². The Morgan fingerprint density at radius 3 is 2.26 bits per heavy atom. The molecule has 1 atom stereocenters. The van der Waals surface area contributed by atoms with Crippen molar-refractivity contribution in [3.8, 4) is 0 Å². The second-order valence-corrected chi connectivity index (χ2v) is 4.99. The Kier molecular flexibility index (Phi) is 5.67. The first-order chi connectivity index (χ1) is 8.99. The highest BCUT2D eigenvalue weighted by atomic mass is 19.1. The average molecular weight is 265 g/mol. The second-order valence-electron chi connectivity index (χ2n) is 4.99. The summed E-state index contributed by atoms with van der Waals surface area (Å²) < 4.78 is 13.6. The predicted molar refractivity (Wildman–Crippen MR) is 76.7 cm³/mol. The van der Waals surface area contributed by atoms with Crippen molar-refractivity contribution in [3.05, 3.63) is 35.6 Å². The molecule has 0 spiro atoms. The van der Waals surface area contributed by atoms with Crippen molar-refractivity contribution in [2.45, 2.75) is 46.1 Å². The lowest BCUT2D eigenvalue weighted by Gasteiger charge is -2.38. The fourth-order valence-corrected chi connectivity index (χ4v) is 2.52. The van der Waals surface area contributed by atoms with E-state index in [9.17, 15) is 9.18 Å². The van der Waals surface area contributed by atoms with Gasteiger partial charge in [0.2, 0.25) is 0 Å². The van der Waals surface area contributed by atoms with Crippen molar-refractivity contribution in [2.24, 2.45) is 0 Å². The van der Waals surface area contributed by atoms with Gasteiger partial charge in [0.15, 0.2) is 5.78 Å². The van der Waals surface area contributed by atoms with Gasteiger partial charge in [-0.25, -0.2) is 4.39 Å². The van der Waals surface area contributed by atoms with E-state index in [0.717, 1.165) is 19.5 Å². The third kappa shape index (κ3) is 3.41. The number of nitrogens with zero attached hydrogens (tertiary/aromatic N) is 1. The molecule has 3 heteroatoms. The van der Waals surface area contributed by atoms with Crippen LogP contribution < -0.4 is 0 Å². The maximum Gasteiger partial charge on any atom is 0.157 e. The first-order valence-electron chi connectivity index (χ1n) is 7.01.